The zero-order valence-corrected chi connectivity index (χ0v) is 14.3. The van der Waals surface area contributed by atoms with Gasteiger partial charge in [-0.15, -0.1) is 0 Å². The predicted molar refractivity (Wildman–Crippen MR) is 92.7 cm³/mol. The van der Waals surface area contributed by atoms with Crippen LogP contribution in [0.5, 0.6) is 5.75 Å². The molecular weight excluding hydrogens is 321 g/mol. The average molecular weight is 341 g/mol. The lowest BCUT2D eigenvalue weighted by Crippen LogP contribution is -2.24. The molecule has 5 nitrogen and oxygen atoms in total. The van der Waals surface area contributed by atoms with Crippen LogP contribution in [0.15, 0.2) is 53.1 Å². The second kappa shape index (κ2) is 7.90. The number of hydrogen-bond acceptors (Lipinski definition) is 5. The van der Waals surface area contributed by atoms with Crippen LogP contribution < -0.4 is 4.74 Å². The minimum Gasteiger partial charge on any atom is -0.492 e. The zero-order valence-electron chi connectivity index (χ0n) is 14.3. The van der Waals surface area contributed by atoms with E-state index >= 15 is 0 Å². The molecule has 25 heavy (non-hydrogen) atoms. The number of halogens is 1. The van der Waals surface area contributed by atoms with E-state index in [4.69, 9.17) is 9.26 Å². The Kier molecular flexibility index (Phi) is 5.40. The number of aryl methyl sites for hydroxylation is 1. The maximum absolute atomic E-state index is 13.0. The molecule has 0 bridgehead atoms. The van der Waals surface area contributed by atoms with Crippen LogP contribution in [-0.2, 0) is 6.54 Å². The zero-order chi connectivity index (χ0) is 17.6. The molecule has 130 valence electrons. The first-order valence-electron chi connectivity index (χ1n) is 8.07. The molecule has 0 fully saturated rings. The highest BCUT2D eigenvalue weighted by molar-refractivity contribution is 5.53. The van der Waals surface area contributed by atoms with E-state index in [0.717, 1.165) is 17.9 Å². The number of nitrogens with zero attached hydrogens (tertiary/aromatic N) is 3. The van der Waals surface area contributed by atoms with Gasteiger partial charge in [0, 0.05) is 12.1 Å². The Labute approximate surface area is 146 Å². The van der Waals surface area contributed by atoms with E-state index in [2.05, 4.69) is 10.1 Å². The molecule has 0 radical (unpaired) electrons. The molecule has 1 aromatic heterocycles. The summed E-state index contributed by atoms with van der Waals surface area (Å²) in [5, 5.41) is 3.94. The van der Waals surface area contributed by atoms with Crippen molar-refractivity contribution in [2.75, 3.05) is 20.2 Å². The Hall–Kier alpha value is -2.73. The van der Waals surface area contributed by atoms with Crippen LogP contribution >= 0.6 is 0 Å². The third-order valence-electron chi connectivity index (χ3n) is 3.74. The van der Waals surface area contributed by atoms with Gasteiger partial charge in [0.15, 0.2) is 0 Å². The van der Waals surface area contributed by atoms with Crippen molar-refractivity contribution < 1.29 is 13.7 Å². The van der Waals surface area contributed by atoms with Crippen molar-refractivity contribution in [3.05, 3.63) is 65.8 Å². The molecule has 0 amide bonds. The minimum absolute atomic E-state index is 0.291. The van der Waals surface area contributed by atoms with Crippen molar-refractivity contribution in [1.29, 1.82) is 0 Å². The summed E-state index contributed by atoms with van der Waals surface area (Å²) in [4.78, 5) is 6.38. The van der Waals surface area contributed by atoms with E-state index in [0.29, 0.717) is 24.9 Å². The number of aromatic nitrogens is 2. The van der Waals surface area contributed by atoms with E-state index in [1.165, 1.54) is 17.7 Å². The van der Waals surface area contributed by atoms with E-state index in [1.807, 2.05) is 43.1 Å². The molecule has 0 N–H and O–H groups in total. The smallest absolute Gasteiger partial charge is 0.241 e. The number of ether oxygens (including phenoxy) is 1. The predicted octanol–water partition coefficient (Wildman–Crippen LogP) is 3.69. The quantitative estimate of drug-likeness (QED) is 0.656. The molecule has 6 heteroatoms. The highest BCUT2D eigenvalue weighted by atomic mass is 19.1. The summed E-state index contributed by atoms with van der Waals surface area (Å²) >= 11 is 0. The third-order valence-corrected chi connectivity index (χ3v) is 3.74. The van der Waals surface area contributed by atoms with E-state index in [1.54, 1.807) is 12.1 Å². The fourth-order valence-electron chi connectivity index (χ4n) is 2.30. The van der Waals surface area contributed by atoms with E-state index in [-0.39, 0.29) is 5.82 Å². The van der Waals surface area contributed by atoms with Gasteiger partial charge in [-0.1, -0.05) is 22.9 Å². The molecule has 0 saturated carbocycles. The molecular formula is C19H20FN3O2. The van der Waals surface area contributed by atoms with Crippen LogP contribution in [0, 0.1) is 12.7 Å². The molecule has 0 aliphatic heterocycles. The normalized spacial score (nSPS) is 11.0. The van der Waals surface area contributed by atoms with Crippen LogP contribution in [0.3, 0.4) is 0 Å². The van der Waals surface area contributed by atoms with Crippen LogP contribution in [0.25, 0.3) is 11.4 Å². The first kappa shape index (κ1) is 17.1. The lowest BCUT2D eigenvalue weighted by Gasteiger charge is -2.14. The van der Waals surface area contributed by atoms with Crippen molar-refractivity contribution in [2.45, 2.75) is 13.5 Å². The Bertz CT molecular complexity index is 800. The fraction of sp³-hybridized carbons (Fsp3) is 0.263. The summed E-state index contributed by atoms with van der Waals surface area (Å²) in [6.45, 7) is 3.86. The highest BCUT2D eigenvalue weighted by Crippen LogP contribution is 2.16. The summed E-state index contributed by atoms with van der Waals surface area (Å²) < 4.78 is 23.9. The second-order valence-corrected chi connectivity index (χ2v) is 5.92. The number of likely N-dealkylation sites (N-methyl/N-ethyl adjacent to an activating group) is 1. The summed E-state index contributed by atoms with van der Waals surface area (Å²) in [6.07, 6.45) is 0. The minimum atomic E-state index is -0.291. The topological polar surface area (TPSA) is 51.4 Å². The first-order chi connectivity index (χ1) is 12.1. The van der Waals surface area contributed by atoms with Gasteiger partial charge in [-0.25, -0.2) is 4.39 Å². The molecule has 3 rings (SSSR count). The summed E-state index contributed by atoms with van der Waals surface area (Å²) in [6, 6.07) is 14.0. The van der Waals surface area contributed by atoms with Gasteiger partial charge in [0.05, 0.1) is 6.54 Å². The third kappa shape index (κ3) is 4.87. The molecule has 0 spiro atoms. The van der Waals surface area contributed by atoms with Gasteiger partial charge >= 0.3 is 0 Å². The Morgan fingerprint density at radius 3 is 2.52 bits per heavy atom. The number of rotatable bonds is 7. The molecule has 0 aliphatic carbocycles. The van der Waals surface area contributed by atoms with Gasteiger partial charge < -0.3 is 9.26 Å². The molecule has 1 heterocycles. The number of benzene rings is 2. The van der Waals surface area contributed by atoms with Gasteiger partial charge in [-0.3, -0.25) is 4.90 Å². The summed E-state index contributed by atoms with van der Waals surface area (Å²) in [7, 11) is 1.96. The maximum Gasteiger partial charge on any atom is 0.241 e. The molecule has 0 aliphatic rings. The monoisotopic (exact) mass is 341 g/mol. The van der Waals surface area contributed by atoms with Crippen LogP contribution in [0.2, 0.25) is 0 Å². The van der Waals surface area contributed by atoms with Crippen LogP contribution in [0.4, 0.5) is 4.39 Å². The maximum atomic E-state index is 13.0. The van der Waals surface area contributed by atoms with Crippen molar-refractivity contribution in [2.24, 2.45) is 0 Å². The molecule has 0 saturated heterocycles. The summed E-state index contributed by atoms with van der Waals surface area (Å²) in [5.74, 6) is 1.53. The van der Waals surface area contributed by atoms with Crippen LogP contribution in [0.1, 0.15) is 11.5 Å². The van der Waals surface area contributed by atoms with Crippen molar-refractivity contribution in [3.63, 3.8) is 0 Å². The van der Waals surface area contributed by atoms with Gasteiger partial charge in [0.25, 0.3) is 0 Å². The van der Waals surface area contributed by atoms with E-state index in [9.17, 15) is 4.39 Å². The lowest BCUT2D eigenvalue weighted by atomic mass is 10.2. The van der Waals surface area contributed by atoms with Crippen LogP contribution in [-0.4, -0.2) is 35.2 Å². The SMILES string of the molecule is Cc1ccc(OCCN(C)Cc2nc(-c3ccc(F)cc3)no2)cc1. The standard InChI is InChI=1S/C19H20FN3O2/c1-14-3-9-17(10-4-14)24-12-11-23(2)13-18-21-19(22-25-18)15-5-7-16(20)8-6-15/h3-10H,11-13H2,1-2H3. The van der Waals surface area contributed by atoms with Crippen molar-refractivity contribution >= 4 is 0 Å². The molecule has 2 aromatic carbocycles. The van der Waals surface area contributed by atoms with Gasteiger partial charge in [0.1, 0.15) is 18.2 Å². The molecule has 0 unspecified atom stereocenters. The van der Waals surface area contributed by atoms with Gasteiger partial charge in [-0.05, 0) is 50.4 Å². The Morgan fingerprint density at radius 2 is 1.80 bits per heavy atom. The van der Waals surface area contributed by atoms with Gasteiger partial charge in [-0.2, -0.15) is 4.98 Å². The second-order valence-electron chi connectivity index (χ2n) is 5.92. The van der Waals surface area contributed by atoms with E-state index < -0.39 is 0 Å². The lowest BCUT2D eigenvalue weighted by molar-refractivity contribution is 0.213. The number of hydrogen-bond donors (Lipinski definition) is 0. The van der Waals surface area contributed by atoms with Crippen molar-refractivity contribution in [1.82, 2.24) is 15.0 Å². The summed E-state index contributed by atoms with van der Waals surface area (Å²) in [5.41, 5.74) is 1.93. The Balaban J connectivity index is 1.48. The highest BCUT2D eigenvalue weighted by Gasteiger charge is 2.11. The average Bonchev–Trinajstić information content (AvgIpc) is 3.06. The van der Waals surface area contributed by atoms with Gasteiger partial charge in [0.2, 0.25) is 11.7 Å². The molecule has 0 atom stereocenters. The van der Waals surface area contributed by atoms with Crippen molar-refractivity contribution in [3.8, 4) is 17.1 Å². The fourth-order valence-corrected chi connectivity index (χ4v) is 2.30. The Morgan fingerprint density at radius 1 is 1.08 bits per heavy atom. The largest absolute Gasteiger partial charge is 0.492 e. The molecule has 3 aromatic rings. The first-order valence-corrected chi connectivity index (χ1v) is 8.07.